The standard InChI is InChI=1S/C14H18N2OS/c1-11-16-10-14(18-11)9-15-8-7-12-3-5-13(17-2)6-4-12/h3-6,10,15H,7-9H2,1-2H3. The van der Waals surface area contributed by atoms with Crippen molar-refractivity contribution >= 4 is 11.3 Å². The molecule has 0 aliphatic rings. The number of thiazole rings is 1. The van der Waals surface area contributed by atoms with Gasteiger partial charge < -0.3 is 10.1 Å². The molecule has 0 atom stereocenters. The van der Waals surface area contributed by atoms with Crippen LogP contribution in [0.4, 0.5) is 0 Å². The number of methoxy groups -OCH3 is 1. The van der Waals surface area contributed by atoms with E-state index in [0.29, 0.717) is 0 Å². The lowest BCUT2D eigenvalue weighted by molar-refractivity contribution is 0.414. The Labute approximate surface area is 112 Å². The van der Waals surface area contributed by atoms with E-state index < -0.39 is 0 Å². The van der Waals surface area contributed by atoms with Crippen LogP contribution in [0.25, 0.3) is 0 Å². The van der Waals surface area contributed by atoms with Crippen molar-refractivity contribution in [3.05, 3.63) is 45.9 Å². The van der Waals surface area contributed by atoms with E-state index in [0.717, 1.165) is 30.3 Å². The number of aryl methyl sites for hydroxylation is 1. The lowest BCUT2D eigenvalue weighted by Crippen LogP contribution is -2.15. The second-order valence-corrected chi connectivity index (χ2v) is 5.44. The van der Waals surface area contributed by atoms with Crippen molar-refractivity contribution in [3.63, 3.8) is 0 Å². The molecule has 0 aliphatic carbocycles. The van der Waals surface area contributed by atoms with Crippen LogP contribution in [0.1, 0.15) is 15.4 Å². The van der Waals surface area contributed by atoms with E-state index in [4.69, 9.17) is 4.74 Å². The molecule has 1 aromatic heterocycles. The molecule has 0 amide bonds. The summed E-state index contributed by atoms with van der Waals surface area (Å²) in [7, 11) is 1.69. The fraction of sp³-hybridized carbons (Fsp3) is 0.357. The second-order valence-electron chi connectivity index (χ2n) is 4.12. The van der Waals surface area contributed by atoms with Gasteiger partial charge in [-0.2, -0.15) is 0 Å². The molecule has 2 aromatic rings. The van der Waals surface area contributed by atoms with E-state index in [2.05, 4.69) is 22.4 Å². The summed E-state index contributed by atoms with van der Waals surface area (Å²) >= 11 is 1.75. The molecule has 3 nitrogen and oxygen atoms in total. The molecular weight excluding hydrogens is 244 g/mol. The molecule has 2 rings (SSSR count). The van der Waals surface area contributed by atoms with Gasteiger partial charge in [-0.25, -0.2) is 4.98 Å². The summed E-state index contributed by atoms with van der Waals surface area (Å²) in [6.07, 6.45) is 2.97. The van der Waals surface area contributed by atoms with E-state index in [1.807, 2.05) is 25.3 Å². The smallest absolute Gasteiger partial charge is 0.118 e. The monoisotopic (exact) mass is 262 g/mol. The van der Waals surface area contributed by atoms with Crippen LogP contribution in [0.15, 0.2) is 30.5 Å². The van der Waals surface area contributed by atoms with Gasteiger partial charge in [0.2, 0.25) is 0 Å². The summed E-state index contributed by atoms with van der Waals surface area (Å²) < 4.78 is 5.13. The highest BCUT2D eigenvalue weighted by atomic mass is 32.1. The van der Waals surface area contributed by atoms with Gasteiger partial charge in [-0.15, -0.1) is 11.3 Å². The second kappa shape index (κ2) is 6.52. The van der Waals surface area contributed by atoms with Gasteiger partial charge in [-0.05, 0) is 37.6 Å². The van der Waals surface area contributed by atoms with Crippen LogP contribution in [-0.2, 0) is 13.0 Å². The third kappa shape index (κ3) is 3.82. The molecule has 96 valence electrons. The minimum atomic E-state index is 0.904. The number of nitrogens with one attached hydrogen (secondary N) is 1. The molecule has 0 spiro atoms. The molecule has 0 saturated heterocycles. The Morgan fingerprint density at radius 1 is 1.28 bits per heavy atom. The Morgan fingerprint density at radius 2 is 2.06 bits per heavy atom. The Kier molecular flexibility index (Phi) is 4.73. The van der Waals surface area contributed by atoms with Crippen molar-refractivity contribution in [2.45, 2.75) is 19.9 Å². The lowest BCUT2D eigenvalue weighted by atomic mass is 10.1. The normalized spacial score (nSPS) is 10.6. The Morgan fingerprint density at radius 3 is 2.67 bits per heavy atom. The average Bonchev–Trinajstić information content (AvgIpc) is 2.81. The quantitative estimate of drug-likeness (QED) is 0.813. The first-order valence-corrected chi connectivity index (χ1v) is 6.84. The van der Waals surface area contributed by atoms with Crippen molar-refractivity contribution in [2.24, 2.45) is 0 Å². The van der Waals surface area contributed by atoms with Crippen LogP contribution >= 0.6 is 11.3 Å². The predicted molar refractivity (Wildman–Crippen MR) is 75.3 cm³/mol. The molecule has 0 unspecified atom stereocenters. The first-order valence-electron chi connectivity index (χ1n) is 6.03. The van der Waals surface area contributed by atoms with Gasteiger partial charge in [0.1, 0.15) is 5.75 Å². The number of hydrogen-bond acceptors (Lipinski definition) is 4. The molecule has 0 aliphatic heterocycles. The molecule has 0 fully saturated rings. The molecule has 18 heavy (non-hydrogen) atoms. The molecule has 0 radical (unpaired) electrons. The number of aromatic nitrogens is 1. The maximum Gasteiger partial charge on any atom is 0.118 e. The molecule has 1 aromatic carbocycles. The summed E-state index contributed by atoms with van der Waals surface area (Å²) in [5, 5.41) is 4.56. The summed E-state index contributed by atoms with van der Waals surface area (Å²) in [6, 6.07) is 8.22. The zero-order valence-corrected chi connectivity index (χ0v) is 11.6. The Balaban J connectivity index is 1.71. The van der Waals surface area contributed by atoms with E-state index >= 15 is 0 Å². The summed E-state index contributed by atoms with van der Waals surface area (Å²) in [5.41, 5.74) is 1.32. The number of nitrogens with zero attached hydrogens (tertiary/aromatic N) is 1. The van der Waals surface area contributed by atoms with Crippen molar-refractivity contribution in [2.75, 3.05) is 13.7 Å². The SMILES string of the molecule is COc1ccc(CCNCc2cnc(C)s2)cc1. The topological polar surface area (TPSA) is 34.1 Å². The summed E-state index contributed by atoms with van der Waals surface area (Å²) in [5.74, 6) is 0.909. The highest BCUT2D eigenvalue weighted by molar-refractivity contribution is 7.11. The summed E-state index contributed by atoms with van der Waals surface area (Å²) in [6.45, 7) is 3.91. The first kappa shape index (κ1) is 13.1. The van der Waals surface area contributed by atoms with Gasteiger partial charge in [0, 0.05) is 17.6 Å². The van der Waals surface area contributed by atoms with Gasteiger partial charge >= 0.3 is 0 Å². The molecular formula is C14H18N2OS. The number of rotatable bonds is 6. The van der Waals surface area contributed by atoms with Crippen LogP contribution < -0.4 is 10.1 Å². The summed E-state index contributed by atoms with van der Waals surface area (Å²) in [4.78, 5) is 5.53. The predicted octanol–water partition coefficient (Wildman–Crippen LogP) is 2.79. The molecule has 0 saturated carbocycles. The maximum absolute atomic E-state index is 5.13. The zero-order valence-electron chi connectivity index (χ0n) is 10.8. The lowest BCUT2D eigenvalue weighted by Gasteiger charge is -2.04. The Bertz CT molecular complexity index is 479. The third-order valence-electron chi connectivity index (χ3n) is 2.72. The number of hydrogen-bond donors (Lipinski definition) is 1. The molecule has 1 N–H and O–H groups in total. The number of benzene rings is 1. The minimum Gasteiger partial charge on any atom is -0.497 e. The fourth-order valence-corrected chi connectivity index (χ4v) is 2.49. The molecule has 1 heterocycles. The minimum absolute atomic E-state index is 0.904. The highest BCUT2D eigenvalue weighted by Crippen LogP contribution is 2.12. The van der Waals surface area contributed by atoms with Crippen molar-refractivity contribution in [1.82, 2.24) is 10.3 Å². The molecule has 0 bridgehead atoms. The van der Waals surface area contributed by atoms with Crippen LogP contribution in [0.3, 0.4) is 0 Å². The fourth-order valence-electron chi connectivity index (χ4n) is 1.72. The van der Waals surface area contributed by atoms with Crippen molar-refractivity contribution < 1.29 is 4.74 Å². The van der Waals surface area contributed by atoms with Gasteiger partial charge in [0.15, 0.2) is 0 Å². The number of ether oxygens (including phenoxy) is 1. The average molecular weight is 262 g/mol. The van der Waals surface area contributed by atoms with Gasteiger partial charge in [0.05, 0.1) is 12.1 Å². The highest BCUT2D eigenvalue weighted by Gasteiger charge is 1.98. The van der Waals surface area contributed by atoms with Crippen LogP contribution in [0.2, 0.25) is 0 Å². The zero-order chi connectivity index (χ0) is 12.8. The van der Waals surface area contributed by atoms with E-state index in [9.17, 15) is 0 Å². The first-order chi connectivity index (χ1) is 8.78. The van der Waals surface area contributed by atoms with Crippen LogP contribution in [-0.4, -0.2) is 18.6 Å². The maximum atomic E-state index is 5.13. The van der Waals surface area contributed by atoms with Gasteiger partial charge in [0.25, 0.3) is 0 Å². The van der Waals surface area contributed by atoms with Crippen LogP contribution in [0, 0.1) is 6.92 Å². The van der Waals surface area contributed by atoms with E-state index in [1.54, 1.807) is 18.4 Å². The van der Waals surface area contributed by atoms with Gasteiger partial charge in [-0.1, -0.05) is 12.1 Å². The van der Waals surface area contributed by atoms with E-state index in [-0.39, 0.29) is 0 Å². The van der Waals surface area contributed by atoms with Gasteiger partial charge in [-0.3, -0.25) is 0 Å². The third-order valence-corrected chi connectivity index (χ3v) is 3.63. The van der Waals surface area contributed by atoms with Crippen molar-refractivity contribution in [1.29, 1.82) is 0 Å². The Hall–Kier alpha value is -1.39. The van der Waals surface area contributed by atoms with Crippen LogP contribution in [0.5, 0.6) is 5.75 Å². The van der Waals surface area contributed by atoms with Crippen molar-refractivity contribution in [3.8, 4) is 5.75 Å². The molecule has 4 heteroatoms. The largest absolute Gasteiger partial charge is 0.497 e. The van der Waals surface area contributed by atoms with E-state index in [1.165, 1.54) is 10.4 Å².